The second-order valence-corrected chi connectivity index (χ2v) is 9.91. The summed E-state index contributed by atoms with van der Waals surface area (Å²) in [6.45, 7) is 6.46. The number of anilines is 2. The van der Waals surface area contributed by atoms with Gasteiger partial charge in [-0.1, -0.05) is 12.1 Å². The number of ether oxygens (including phenoxy) is 1. The molecule has 1 atom stereocenters. The van der Waals surface area contributed by atoms with Crippen LogP contribution >= 0.6 is 0 Å². The van der Waals surface area contributed by atoms with Crippen LogP contribution in [0.2, 0.25) is 0 Å². The van der Waals surface area contributed by atoms with Crippen molar-refractivity contribution in [3.05, 3.63) is 47.5 Å². The summed E-state index contributed by atoms with van der Waals surface area (Å²) in [5.74, 6) is 0.111. The maximum Gasteiger partial charge on any atom is 0.321 e. The van der Waals surface area contributed by atoms with Gasteiger partial charge in [0.1, 0.15) is 5.75 Å². The lowest BCUT2D eigenvalue weighted by atomic mass is 10.1. The van der Waals surface area contributed by atoms with Crippen LogP contribution in [0.25, 0.3) is 0 Å². The lowest BCUT2D eigenvalue weighted by Gasteiger charge is -2.34. The van der Waals surface area contributed by atoms with Crippen molar-refractivity contribution in [2.24, 2.45) is 0 Å². The predicted octanol–water partition coefficient (Wildman–Crippen LogP) is 2.56. The average Bonchev–Trinajstić information content (AvgIpc) is 2.77. The van der Waals surface area contributed by atoms with E-state index in [0.717, 1.165) is 16.8 Å². The summed E-state index contributed by atoms with van der Waals surface area (Å²) in [5, 5.41) is 5.58. The van der Waals surface area contributed by atoms with Crippen molar-refractivity contribution in [2.45, 2.75) is 31.8 Å². The molecule has 1 fully saturated rings. The number of aryl methyl sites for hydroxylation is 1. The van der Waals surface area contributed by atoms with Gasteiger partial charge in [0, 0.05) is 31.9 Å². The van der Waals surface area contributed by atoms with Crippen LogP contribution in [0, 0.1) is 13.8 Å². The quantitative estimate of drug-likeness (QED) is 0.735. The topological polar surface area (TPSA) is 108 Å². The third kappa shape index (κ3) is 4.15. The van der Waals surface area contributed by atoms with Crippen molar-refractivity contribution in [2.75, 3.05) is 36.8 Å². The molecule has 1 saturated heterocycles. The fourth-order valence-corrected chi connectivity index (χ4v) is 5.16. The molecule has 0 unspecified atom stereocenters. The van der Waals surface area contributed by atoms with Gasteiger partial charge in [-0.15, -0.1) is 0 Å². The van der Waals surface area contributed by atoms with Crippen molar-refractivity contribution in [1.29, 1.82) is 0 Å². The van der Waals surface area contributed by atoms with E-state index in [2.05, 4.69) is 10.6 Å². The molecule has 2 aromatic carbocycles. The van der Waals surface area contributed by atoms with E-state index in [1.54, 1.807) is 17.9 Å². The molecule has 2 aliphatic rings. The molecule has 10 heteroatoms. The van der Waals surface area contributed by atoms with Gasteiger partial charge in [0.05, 0.1) is 10.6 Å². The molecule has 2 N–H and O–H groups in total. The number of sulfonamides is 1. The first-order valence-corrected chi connectivity index (χ1v) is 11.8. The molecule has 0 aliphatic carbocycles. The number of hydrogen-bond donors (Lipinski definition) is 2. The van der Waals surface area contributed by atoms with Crippen LogP contribution in [0.4, 0.5) is 16.2 Å². The number of carbonyl (C=O) groups is 2. The Balaban J connectivity index is 1.42. The summed E-state index contributed by atoms with van der Waals surface area (Å²) in [6, 6.07) is 9.89. The van der Waals surface area contributed by atoms with Crippen LogP contribution in [0.5, 0.6) is 5.75 Å². The average molecular weight is 459 g/mol. The maximum absolute atomic E-state index is 13.1. The van der Waals surface area contributed by atoms with E-state index in [-0.39, 0.29) is 43.0 Å². The summed E-state index contributed by atoms with van der Waals surface area (Å²) in [7, 11) is -3.78. The lowest BCUT2D eigenvalue weighted by Crippen LogP contribution is -2.51. The fourth-order valence-electron chi connectivity index (χ4n) is 3.71. The SMILES string of the molecule is Cc1cccc(NC(=O)N2CCN(S(=O)(=O)c3ccc4c(c3)NC(=O)[C@@H](C)O4)CC2)c1C. The van der Waals surface area contributed by atoms with Crippen molar-refractivity contribution in [3.8, 4) is 5.75 Å². The number of nitrogens with zero attached hydrogens (tertiary/aromatic N) is 2. The predicted molar refractivity (Wildman–Crippen MR) is 120 cm³/mol. The molecule has 4 rings (SSSR count). The largest absolute Gasteiger partial charge is 0.479 e. The number of carbonyl (C=O) groups excluding carboxylic acids is 2. The van der Waals surface area contributed by atoms with E-state index < -0.39 is 16.1 Å². The normalized spacial score (nSPS) is 19.0. The Morgan fingerprint density at radius 1 is 1.12 bits per heavy atom. The van der Waals surface area contributed by atoms with E-state index in [9.17, 15) is 18.0 Å². The summed E-state index contributed by atoms with van der Waals surface area (Å²) in [6.07, 6.45) is -0.632. The van der Waals surface area contributed by atoms with Crippen LogP contribution in [-0.2, 0) is 14.8 Å². The highest BCUT2D eigenvalue weighted by atomic mass is 32.2. The number of hydrogen-bond acceptors (Lipinski definition) is 5. The molecule has 3 amide bonds. The smallest absolute Gasteiger partial charge is 0.321 e. The first-order valence-electron chi connectivity index (χ1n) is 10.4. The monoisotopic (exact) mass is 458 g/mol. The highest BCUT2D eigenvalue weighted by Crippen LogP contribution is 2.33. The highest BCUT2D eigenvalue weighted by molar-refractivity contribution is 7.89. The molecular formula is C22H26N4O5S. The molecule has 0 aromatic heterocycles. The van der Waals surface area contributed by atoms with Gasteiger partial charge in [0.2, 0.25) is 10.0 Å². The number of nitrogens with one attached hydrogen (secondary N) is 2. The molecular weight excluding hydrogens is 432 g/mol. The Kier molecular flexibility index (Phi) is 5.83. The van der Waals surface area contributed by atoms with Crippen LogP contribution < -0.4 is 15.4 Å². The number of benzene rings is 2. The molecule has 2 aromatic rings. The molecule has 2 heterocycles. The van der Waals surface area contributed by atoms with Crippen molar-refractivity contribution < 1.29 is 22.7 Å². The molecule has 170 valence electrons. The molecule has 0 radical (unpaired) electrons. The van der Waals surface area contributed by atoms with Gasteiger partial charge in [-0.05, 0) is 56.2 Å². The number of piperazine rings is 1. The third-order valence-electron chi connectivity index (χ3n) is 5.89. The maximum atomic E-state index is 13.1. The Hall–Kier alpha value is -3.11. The minimum absolute atomic E-state index is 0.0722. The summed E-state index contributed by atoms with van der Waals surface area (Å²) in [5.41, 5.74) is 3.16. The summed E-state index contributed by atoms with van der Waals surface area (Å²) < 4.78 is 33.1. The second kappa shape index (κ2) is 8.44. The number of fused-ring (bicyclic) bond motifs is 1. The van der Waals surface area contributed by atoms with Gasteiger partial charge in [-0.25, -0.2) is 13.2 Å². The molecule has 2 aliphatic heterocycles. The number of urea groups is 1. The first-order chi connectivity index (χ1) is 15.2. The van der Waals surface area contributed by atoms with E-state index in [4.69, 9.17) is 4.74 Å². The standard InChI is InChI=1S/C22H26N4O5S/c1-14-5-4-6-18(15(14)2)24-22(28)25-9-11-26(12-10-25)32(29,30)17-7-8-20-19(13-17)23-21(27)16(3)31-20/h4-8,13,16H,9-12H2,1-3H3,(H,23,27)(H,24,28)/t16-/m1/s1. The zero-order chi connectivity index (χ0) is 23.0. The first kappa shape index (κ1) is 22.1. The Morgan fingerprint density at radius 3 is 2.56 bits per heavy atom. The molecule has 9 nitrogen and oxygen atoms in total. The van der Waals surface area contributed by atoms with E-state index in [0.29, 0.717) is 11.4 Å². The number of amides is 3. The van der Waals surface area contributed by atoms with Crippen LogP contribution in [-0.4, -0.2) is 61.8 Å². The van der Waals surface area contributed by atoms with E-state index >= 15 is 0 Å². The zero-order valence-corrected chi connectivity index (χ0v) is 19.0. The van der Waals surface area contributed by atoms with Gasteiger partial charge in [0.15, 0.2) is 6.10 Å². The van der Waals surface area contributed by atoms with Crippen molar-refractivity contribution in [1.82, 2.24) is 9.21 Å². The fraction of sp³-hybridized carbons (Fsp3) is 0.364. The van der Waals surface area contributed by atoms with Crippen LogP contribution in [0.15, 0.2) is 41.3 Å². The molecule has 32 heavy (non-hydrogen) atoms. The highest BCUT2D eigenvalue weighted by Gasteiger charge is 2.32. The second-order valence-electron chi connectivity index (χ2n) is 7.98. The third-order valence-corrected chi connectivity index (χ3v) is 7.79. The van der Waals surface area contributed by atoms with Crippen LogP contribution in [0.3, 0.4) is 0 Å². The van der Waals surface area contributed by atoms with E-state index in [1.807, 2.05) is 32.0 Å². The molecule has 0 bridgehead atoms. The van der Waals surface area contributed by atoms with E-state index in [1.165, 1.54) is 16.4 Å². The lowest BCUT2D eigenvalue weighted by molar-refractivity contribution is -0.122. The van der Waals surface area contributed by atoms with Gasteiger partial charge in [0.25, 0.3) is 5.91 Å². The Labute approximate surface area is 187 Å². The summed E-state index contributed by atoms with van der Waals surface area (Å²) >= 11 is 0. The Bertz CT molecular complexity index is 1170. The molecule has 0 saturated carbocycles. The summed E-state index contributed by atoms with van der Waals surface area (Å²) in [4.78, 5) is 26.2. The minimum atomic E-state index is -3.78. The Morgan fingerprint density at radius 2 is 1.84 bits per heavy atom. The number of rotatable bonds is 3. The van der Waals surface area contributed by atoms with Crippen LogP contribution in [0.1, 0.15) is 18.1 Å². The van der Waals surface area contributed by atoms with Gasteiger partial charge < -0.3 is 20.3 Å². The molecule has 0 spiro atoms. The van der Waals surface area contributed by atoms with Crippen molar-refractivity contribution in [3.63, 3.8) is 0 Å². The van der Waals surface area contributed by atoms with Gasteiger partial charge >= 0.3 is 6.03 Å². The van der Waals surface area contributed by atoms with Crippen molar-refractivity contribution >= 4 is 33.3 Å². The van der Waals surface area contributed by atoms with Gasteiger partial charge in [-0.2, -0.15) is 4.31 Å². The minimum Gasteiger partial charge on any atom is -0.479 e. The zero-order valence-electron chi connectivity index (χ0n) is 18.2. The van der Waals surface area contributed by atoms with Gasteiger partial charge in [-0.3, -0.25) is 4.79 Å².